The number of sulfonamides is 1. The summed E-state index contributed by atoms with van der Waals surface area (Å²) in [5.41, 5.74) is 0.797. The summed E-state index contributed by atoms with van der Waals surface area (Å²) in [6.07, 6.45) is 0.830. The minimum absolute atomic E-state index is 0.0943. The second-order valence-electron chi connectivity index (χ2n) is 4.59. The molecule has 0 radical (unpaired) electrons. The fourth-order valence-electron chi connectivity index (χ4n) is 1.80. The van der Waals surface area contributed by atoms with Gasteiger partial charge in [0.2, 0.25) is 0 Å². The van der Waals surface area contributed by atoms with Crippen LogP contribution in [0, 0.1) is 11.3 Å². The Kier molecular flexibility index (Phi) is 5.02. The van der Waals surface area contributed by atoms with Crippen molar-refractivity contribution in [1.82, 2.24) is 0 Å². The van der Waals surface area contributed by atoms with Crippen molar-refractivity contribution in [3.05, 3.63) is 54.1 Å². The molecule has 0 aliphatic carbocycles. The zero-order valence-corrected chi connectivity index (χ0v) is 12.9. The van der Waals surface area contributed by atoms with Crippen LogP contribution in [0.1, 0.15) is 18.9 Å². The number of rotatable bonds is 6. The highest BCUT2D eigenvalue weighted by Gasteiger charge is 2.16. The SMILES string of the molecule is CCCOc1ccccc1NS(=O)(=O)c1ccc(C#N)cc1. The van der Waals surface area contributed by atoms with E-state index >= 15 is 0 Å². The van der Waals surface area contributed by atoms with Gasteiger partial charge in [0.1, 0.15) is 5.75 Å². The standard InChI is InChI=1S/C16H16N2O3S/c1-2-11-21-16-6-4-3-5-15(16)18-22(19,20)14-9-7-13(12-17)8-10-14/h3-10,18H,2,11H2,1H3. The van der Waals surface area contributed by atoms with Crippen molar-refractivity contribution < 1.29 is 13.2 Å². The van der Waals surface area contributed by atoms with Crippen LogP contribution >= 0.6 is 0 Å². The summed E-state index contributed by atoms with van der Waals surface area (Å²) in [6, 6.07) is 14.6. The maximum atomic E-state index is 12.4. The molecule has 0 aromatic heterocycles. The molecule has 0 saturated heterocycles. The average Bonchev–Trinajstić information content (AvgIpc) is 2.54. The molecule has 0 spiro atoms. The lowest BCUT2D eigenvalue weighted by Crippen LogP contribution is -2.14. The number of hydrogen-bond donors (Lipinski definition) is 1. The molecule has 0 heterocycles. The topological polar surface area (TPSA) is 79.2 Å². The van der Waals surface area contributed by atoms with Crippen molar-refractivity contribution in [2.24, 2.45) is 0 Å². The van der Waals surface area contributed by atoms with E-state index in [9.17, 15) is 8.42 Å². The average molecular weight is 316 g/mol. The summed E-state index contributed by atoms with van der Waals surface area (Å²) in [5.74, 6) is 0.488. The number of nitrogens with one attached hydrogen (secondary N) is 1. The predicted octanol–water partition coefficient (Wildman–Crippen LogP) is 3.15. The normalized spacial score (nSPS) is 10.7. The van der Waals surface area contributed by atoms with Crippen LogP contribution in [-0.4, -0.2) is 15.0 Å². The van der Waals surface area contributed by atoms with Gasteiger partial charge in [0, 0.05) is 0 Å². The first-order chi connectivity index (χ1) is 10.6. The van der Waals surface area contributed by atoms with Crippen LogP contribution in [0.15, 0.2) is 53.4 Å². The maximum Gasteiger partial charge on any atom is 0.262 e. The molecule has 5 nitrogen and oxygen atoms in total. The van der Waals surface area contributed by atoms with Gasteiger partial charge < -0.3 is 4.74 Å². The van der Waals surface area contributed by atoms with Crippen LogP contribution in [0.2, 0.25) is 0 Å². The molecular weight excluding hydrogens is 300 g/mol. The lowest BCUT2D eigenvalue weighted by molar-refractivity contribution is 0.319. The van der Waals surface area contributed by atoms with E-state index in [4.69, 9.17) is 10.00 Å². The van der Waals surface area contributed by atoms with E-state index in [2.05, 4.69) is 4.72 Å². The fourth-order valence-corrected chi connectivity index (χ4v) is 2.87. The van der Waals surface area contributed by atoms with Crippen LogP contribution in [-0.2, 0) is 10.0 Å². The second kappa shape index (κ2) is 6.96. The van der Waals surface area contributed by atoms with Gasteiger partial charge in [-0.25, -0.2) is 8.42 Å². The molecule has 0 aliphatic rings. The monoisotopic (exact) mass is 316 g/mol. The van der Waals surface area contributed by atoms with Gasteiger partial charge in [-0.2, -0.15) is 5.26 Å². The lowest BCUT2D eigenvalue weighted by atomic mass is 10.2. The Morgan fingerprint density at radius 2 is 1.82 bits per heavy atom. The molecule has 0 saturated carbocycles. The Balaban J connectivity index is 2.26. The molecule has 2 aromatic rings. The maximum absolute atomic E-state index is 12.4. The van der Waals surface area contributed by atoms with Crippen LogP contribution in [0.3, 0.4) is 0 Å². The smallest absolute Gasteiger partial charge is 0.262 e. The van der Waals surface area contributed by atoms with E-state index < -0.39 is 10.0 Å². The summed E-state index contributed by atoms with van der Waals surface area (Å²) in [6.45, 7) is 2.49. The third-order valence-corrected chi connectivity index (χ3v) is 4.27. The molecule has 0 atom stereocenters. The zero-order valence-electron chi connectivity index (χ0n) is 12.1. The lowest BCUT2D eigenvalue weighted by Gasteiger charge is -2.13. The Hall–Kier alpha value is -2.52. The molecule has 2 aromatic carbocycles. The number of nitrogens with zero attached hydrogens (tertiary/aromatic N) is 1. The molecule has 2 rings (SSSR count). The predicted molar refractivity (Wildman–Crippen MR) is 84.2 cm³/mol. The largest absolute Gasteiger partial charge is 0.491 e. The van der Waals surface area contributed by atoms with E-state index in [1.165, 1.54) is 24.3 Å². The van der Waals surface area contributed by atoms with Gasteiger partial charge in [-0.05, 0) is 42.8 Å². The van der Waals surface area contributed by atoms with Crippen molar-refractivity contribution in [3.8, 4) is 11.8 Å². The Labute approximate surface area is 130 Å². The number of para-hydroxylation sites is 2. The number of nitriles is 1. The molecular formula is C16H16N2O3S. The van der Waals surface area contributed by atoms with E-state index in [-0.39, 0.29) is 4.90 Å². The van der Waals surface area contributed by atoms with E-state index in [1.807, 2.05) is 13.0 Å². The minimum Gasteiger partial charge on any atom is -0.491 e. The van der Waals surface area contributed by atoms with Gasteiger partial charge in [-0.15, -0.1) is 0 Å². The van der Waals surface area contributed by atoms with E-state index in [0.29, 0.717) is 23.6 Å². The molecule has 1 N–H and O–H groups in total. The first-order valence-electron chi connectivity index (χ1n) is 6.81. The Bertz CT molecular complexity index is 778. The van der Waals surface area contributed by atoms with Gasteiger partial charge in [0.25, 0.3) is 10.0 Å². The first kappa shape index (κ1) is 15.9. The van der Waals surface area contributed by atoms with Gasteiger partial charge in [0.05, 0.1) is 28.8 Å². The van der Waals surface area contributed by atoms with Gasteiger partial charge in [0.15, 0.2) is 0 Å². The molecule has 0 bridgehead atoms. The highest BCUT2D eigenvalue weighted by Crippen LogP contribution is 2.26. The fraction of sp³-hybridized carbons (Fsp3) is 0.188. The number of anilines is 1. The summed E-state index contributed by atoms with van der Waals surface area (Å²) in [7, 11) is -3.73. The first-order valence-corrected chi connectivity index (χ1v) is 8.30. The molecule has 22 heavy (non-hydrogen) atoms. The van der Waals surface area contributed by atoms with E-state index in [1.54, 1.807) is 24.3 Å². The third kappa shape index (κ3) is 3.77. The van der Waals surface area contributed by atoms with Crippen LogP contribution in [0.25, 0.3) is 0 Å². The second-order valence-corrected chi connectivity index (χ2v) is 6.27. The third-order valence-electron chi connectivity index (χ3n) is 2.89. The van der Waals surface area contributed by atoms with Crippen LogP contribution in [0.4, 0.5) is 5.69 Å². The minimum atomic E-state index is -3.73. The summed E-state index contributed by atoms with van der Waals surface area (Å²) in [5, 5.41) is 8.75. The number of ether oxygens (including phenoxy) is 1. The molecule has 0 aliphatic heterocycles. The number of benzene rings is 2. The van der Waals surface area contributed by atoms with Crippen LogP contribution < -0.4 is 9.46 Å². The van der Waals surface area contributed by atoms with Crippen molar-refractivity contribution in [3.63, 3.8) is 0 Å². The number of hydrogen-bond acceptors (Lipinski definition) is 4. The van der Waals surface area contributed by atoms with Gasteiger partial charge in [-0.1, -0.05) is 19.1 Å². The highest BCUT2D eigenvalue weighted by atomic mass is 32.2. The van der Waals surface area contributed by atoms with Crippen molar-refractivity contribution in [2.75, 3.05) is 11.3 Å². The quantitative estimate of drug-likeness (QED) is 0.888. The van der Waals surface area contributed by atoms with Crippen molar-refractivity contribution in [2.45, 2.75) is 18.2 Å². The van der Waals surface area contributed by atoms with Crippen molar-refractivity contribution in [1.29, 1.82) is 5.26 Å². The molecule has 114 valence electrons. The molecule has 6 heteroatoms. The summed E-state index contributed by atoms with van der Waals surface area (Å²) >= 11 is 0. The van der Waals surface area contributed by atoms with Crippen molar-refractivity contribution >= 4 is 15.7 Å². The van der Waals surface area contributed by atoms with Gasteiger partial charge >= 0.3 is 0 Å². The van der Waals surface area contributed by atoms with E-state index in [0.717, 1.165) is 6.42 Å². The highest BCUT2D eigenvalue weighted by molar-refractivity contribution is 7.92. The molecule has 0 fully saturated rings. The summed E-state index contributed by atoms with van der Waals surface area (Å²) < 4.78 is 32.8. The molecule has 0 amide bonds. The van der Waals surface area contributed by atoms with Crippen LogP contribution in [0.5, 0.6) is 5.75 Å². The Morgan fingerprint density at radius 3 is 2.45 bits per heavy atom. The molecule has 0 unspecified atom stereocenters. The Morgan fingerprint density at radius 1 is 1.14 bits per heavy atom. The zero-order chi connectivity index (χ0) is 16.0. The summed E-state index contributed by atoms with van der Waals surface area (Å²) in [4.78, 5) is 0.0943. The van der Waals surface area contributed by atoms with Gasteiger partial charge in [-0.3, -0.25) is 4.72 Å².